The summed E-state index contributed by atoms with van der Waals surface area (Å²) >= 11 is 0. The van der Waals surface area contributed by atoms with Crippen LogP contribution in [0.1, 0.15) is 66.3 Å². The number of carbonyl (C=O) groups excluding carboxylic acids is 1. The van der Waals surface area contributed by atoms with Crippen molar-refractivity contribution in [2.75, 3.05) is 0 Å². The van der Waals surface area contributed by atoms with E-state index in [0.717, 1.165) is 28.7 Å². The van der Waals surface area contributed by atoms with E-state index < -0.39 is 17.4 Å². The minimum atomic E-state index is -1.41. The van der Waals surface area contributed by atoms with E-state index in [1.807, 2.05) is 60.0 Å². The number of aromatic nitrogens is 6. The molecule has 12 heteroatoms. The fourth-order valence-electron chi connectivity index (χ4n) is 4.73. The molecule has 0 radical (unpaired) electrons. The van der Waals surface area contributed by atoms with Gasteiger partial charge in [-0.25, -0.2) is 14.6 Å². The molecule has 3 aromatic heterocycles. The quantitative estimate of drug-likeness (QED) is 0.238. The second-order valence-electron chi connectivity index (χ2n) is 10.1. The first-order valence-electron chi connectivity index (χ1n) is 13.2. The molecule has 0 spiro atoms. The van der Waals surface area contributed by atoms with Crippen LogP contribution >= 0.6 is 0 Å². The van der Waals surface area contributed by atoms with Crippen molar-refractivity contribution in [1.82, 2.24) is 30.2 Å². The maximum atomic E-state index is 13.2. The molecule has 0 saturated heterocycles. The summed E-state index contributed by atoms with van der Waals surface area (Å²) in [6, 6.07) is 15.8. The highest BCUT2D eigenvalue weighted by Crippen LogP contribution is 2.31. The first-order valence-corrected chi connectivity index (χ1v) is 13.2. The second kappa shape index (κ2) is 11.3. The monoisotopic (exact) mass is 558 g/mol. The number of aromatic amines is 1. The predicted octanol–water partition coefficient (Wildman–Crippen LogP) is 4.17. The third kappa shape index (κ3) is 5.87. The van der Waals surface area contributed by atoms with E-state index in [0.29, 0.717) is 30.3 Å². The van der Waals surface area contributed by atoms with Crippen molar-refractivity contribution in [1.29, 1.82) is 0 Å². The molecule has 0 saturated carbocycles. The van der Waals surface area contributed by atoms with Crippen molar-refractivity contribution >= 4 is 5.97 Å². The summed E-state index contributed by atoms with van der Waals surface area (Å²) in [5.74, 6) is -0.117. The number of hydrogen-bond acceptors (Lipinski definition) is 10. The van der Waals surface area contributed by atoms with Gasteiger partial charge in [-0.05, 0) is 49.1 Å². The van der Waals surface area contributed by atoms with E-state index >= 15 is 0 Å². The Morgan fingerprint density at radius 3 is 2.44 bits per heavy atom. The minimum absolute atomic E-state index is 0.00936. The molecule has 0 bridgehead atoms. The topological polar surface area (TPSA) is 162 Å². The predicted molar refractivity (Wildman–Crippen MR) is 147 cm³/mol. The Morgan fingerprint density at radius 2 is 1.83 bits per heavy atom. The molecule has 5 aromatic rings. The van der Waals surface area contributed by atoms with Gasteiger partial charge in [0.25, 0.3) is 0 Å². The van der Waals surface area contributed by atoms with Crippen molar-refractivity contribution in [3.05, 3.63) is 93.4 Å². The van der Waals surface area contributed by atoms with Gasteiger partial charge in [-0.3, -0.25) is 0 Å². The van der Waals surface area contributed by atoms with E-state index in [-0.39, 0.29) is 23.8 Å². The largest absolute Gasteiger partial charge is 0.519 e. The van der Waals surface area contributed by atoms with Gasteiger partial charge in [-0.2, -0.15) is 5.21 Å². The summed E-state index contributed by atoms with van der Waals surface area (Å²) in [4.78, 5) is 29.1. The summed E-state index contributed by atoms with van der Waals surface area (Å²) in [7, 11) is 0. The molecule has 5 rings (SSSR count). The smallest absolute Gasteiger partial charge is 0.453 e. The number of benzene rings is 2. The summed E-state index contributed by atoms with van der Waals surface area (Å²) in [5, 5.41) is 25.5. The Balaban J connectivity index is 1.46. The van der Waals surface area contributed by atoms with E-state index in [4.69, 9.17) is 13.6 Å². The lowest BCUT2D eigenvalue weighted by Gasteiger charge is -2.22. The number of imidazole rings is 1. The Labute approximate surface area is 235 Å². The molecule has 12 nitrogen and oxygen atoms in total. The first kappa shape index (κ1) is 27.7. The number of nitrogens with zero attached hydrogens (tertiary/aromatic N) is 5. The molecule has 2 aromatic carbocycles. The lowest BCUT2D eigenvalue weighted by atomic mass is 9.98. The van der Waals surface area contributed by atoms with Gasteiger partial charge in [0.2, 0.25) is 5.82 Å². The second-order valence-corrected chi connectivity index (χ2v) is 10.1. The molecule has 0 aliphatic heterocycles. The number of aryl methyl sites for hydroxylation is 2. The molecule has 0 fully saturated rings. The molecular weight excluding hydrogens is 528 g/mol. The van der Waals surface area contributed by atoms with Crippen LogP contribution in [0, 0.1) is 6.92 Å². The number of esters is 1. The number of rotatable bonds is 10. The number of nitrogens with one attached hydrogen (secondary N) is 1. The molecule has 41 heavy (non-hydrogen) atoms. The molecular formula is C29H30N6O6. The molecule has 3 heterocycles. The standard InChI is InChI=1S/C29H30N6O6/c1-5-8-23-30-24(27(36)39-16-22-17(2)40-28(37)41-22)25(29(3,4)38)35(23)15-18-11-13-19(14-12-18)20-9-6-7-10-21(20)26-31-33-34-32-26/h6-7,9-14,38H,5,8,15-16H2,1-4H3,(H,31,32,33,34). The Kier molecular flexibility index (Phi) is 7.66. The van der Waals surface area contributed by atoms with Crippen molar-refractivity contribution in [3.8, 4) is 22.5 Å². The number of hydrogen-bond donors (Lipinski definition) is 2. The maximum absolute atomic E-state index is 13.2. The van der Waals surface area contributed by atoms with Crippen LogP contribution in [-0.4, -0.2) is 41.3 Å². The third-order valence-corrected chi connectivity index (χ3v) is 6.58. The van der Waals surface area contributed by atoms with Gasteiger partial charge in [0.1, 0.15) is 11.4 Å². The van der Waals surface area contributed by atoms with Crippen LogP contribution in [0.4, 0.5) is 0 Å². The number of H-pyrrole nitrogens is 1. The van der Waals surface area contributed by atoms with Crippen molar-refractivity contribution in [2.24, 2.45) is 0 Å². The van der Waals surface area contributed by atoms with Crippen LogP contribution in [0.5, 0.6) is 0 Å². The van der Waals surface area contributed by atoms with Crippen LogP contribution in [0.3, 0.4) is 0 Å². The Hall–Kier alpha value is -4.84. The van der Waals surface area contributed by atoms with Crippen molar-refractivity contribution in [2.45, 2.75) is 59.3 Å². The van der Waals surface area contributed by atoms with Gasteiger partial charge < -0.3 is 23.2 Å². The summed E-state index contributed by atoms with van der Waals surface area (Å²) in [6.45, 7) is 6.83. The van der Waals surface area contributed by atoms with Crippen LogP contribution in [0.15, 0.2) is 62.2 Å². The lowest BCUT2D eigenvalue weighted by molar-refractivity contribution is 0.0396. The van der Waals surface area contributed by atoms with Gasteiger partial charge in [-0.15, -0.1) is 10.2 Å². The number of ether oxygens (including phenoxy) is 1. The zero-order chi connectivity index (χ0) is 29.1. The normalized spacial score (nSPS) is 11.6. The van der Waals surface area contributed by atoms with Crippen LogP contribution in [0.25, 0.3) is 22.5 Å². The molecule has 2 N–H and O–H groups in total. The third-order valence-electron chi connectivity index (χ3n) is 6.58. The average molecular weight is 559 g/mol. The first-order chi connectivity index (χ1) is 19.7. The average Bonchev–Trinajstić information content (AvgIpc) is 3.67. The van der Waals surface area contributed by atoms with Crippen molar-refractivity contribution < 1.29 is 23.5 Å². The Bertz CT molecular complexity index is 1710. The number of carbonyl (C=O) groups is 1. The summed E-state index contributed by atoms with van der Waals surface area (Å²) < 4.78 is 17.0. The molecule has 0 amide bonds. The highest BCUT2D eigenvalue weighted by atomic mass is 16.6. The zero-order valence-corrected chi connectivity index (χ0v) is 23.2. The van der Waals surface area contributed by atoms with Crippen LogP contribution < -0.4 is 5.82 Å². The Morgan fingerprint density at radius 1 is 1.10 bits per heavy atom. The fraction of sp³-hybridized carbons (Fsp3) is 0.310. The highest BCUT2D eigenvalue weighted by Gasteiger charge is 2.33. The van der Waals surface area contributed by atoms with Gasteiger partial charge >= 0.3 is 11.8 Å². The van der Waals surface area contributed by atoms with E-state index in [2.05, 4.69) is 25.6 Å². The van der Waals surface area contributed by atoms with Crippen molar-refractivity contribution in [3.63, 3.8) is 0 Å². The lowest BCUT2D eigenvalue weighted by Crippen LogP contribution is -2.25. The van der Waals surface area contributed by atoms with E-state index in [9.17, 15) is 14.7 Å². The van der Waals surface area contributed by atoms with Crippen LogP contribution in [-0.2, 0) is 29.9 Å². The van der Waals surface area contributed by atoms with E-state index in [1.165, 1.54) is 0 Å². The molecule has 212 valence electrons. The van der Waals surface area contributed by atoms with E-state index in [1.54, 1.807) is 20.8 Å². The van der Waals surface area contributed by atoms with Gasteiger partial charge in [0.15, 0.2) is 23.8 Å². The fourth-order valence-corrected chi connectivity index (χ4v) is 4.73. The zero-order valence-electron chi connectivity index (χ0n) is 23.2. The van der Waals surface area contributed by atoms with Crippen LogP contribution in [0.2, 0.25) is 0 Å². The number of tetrazole rings is 1. The molecule has 0 unspecified atom stereocenters. The van der Waals surface area contributed by atoms with Gasteiger partial charge in [0.05, 0.1) is 5.69 Å². The molecule has 0 aliphatic rings. The SMILES string of the molecule is CCCc1nc(C(=O)OCc2oc(=O)oc2C)c(C(C)(C)O)n1Cc1ccc(-c2ccccc2-c2nn[nH]n2)cc1. The molecule has 0 atom stereocenters. The summed E-state index contributed by atoms with van der Waals surface area (Å²) in [5.41, 5.74) is 2.67. The van der Waals surface area contributed by atoms with Gasteiger partial charge in [-0.1, -0.05) is 55.5 Å². The minimum Gasteiger partial charge on any atom is -0.453 e. The van der Waals surface area contributed by atoms with Gasteiger partial charge in [0, 0.05) is 18.5 Å². The highest BCUT2D eigenvalue weighted by molar-refractivity contribution is 5.89. The maximum Gasteiger partial charge on any atom is 0.519 e. The molecule has 0 aliphatic carbocycles. The summed E-state index contributed by atoms with van der Waals surface area (Å²) in [6.07, 6.45) is 1.37. The number of aliphatic hydroxyl groups is 1.